The minimum Gasteiger partial charge on any atom is -0.258 e. The molecule has 1 rings (SSSR count). The molecule has 1 aromatic rings. The SMILES string of the molecule is O=[N+]([O-])c1cc(S(=O)(=O)CCl)cc([N+](=O)[O-])c1Cl. The van der Waals surface area contributed by atoms with Crippen molar-refractivity contribution in [2.24, 2.45) is 0 Å². The Morgan fingerprint density at radius 1 is 1.11 bits per heavy atom. The first-order chi connectivity index (χ1) is 8.20. The average molecular weight is 315 g/mol. The van der Waals surface area contributed by atoms with Crippen LogP contribution in [-0.2, 0) is 9.84 Å². The van der Waals surface area contributed by atoms with Crippen molar-refractivity contribution in [1.29, 1.82) is 0 Å². The fourth-order valence-electron chi connectivity index (χ4n) is 1.08. The van der Waals surface area contributed by atoms with Gasteiger partial charge in [0.25, 0.3) is 11.4 Å². The molecule has 0 saturated heterocycles. The fraction of sp³-hybridized carbons (Fsp3) is 0.143. The van der Waals surface area contributed by atoms with E-state index in [0.717, 1.165) is 0 Å². The quantitative estimate of drug-likeness (QED) is 0.476. The first kappa shape index (κ1) is 14.6. The van der Waals surface area contributed by atoms with Gasteiger partial charge in [0.1, 0.15) is 5.21 Å². The van der Waals surface area contributed by atoms with Crippen molar-refractivity contribution < 1.29 is 18.3 Å². The second kappa shape index (κ2) is 5.04. The summed E-state index contributed by atoms with van der Waals surface area (Å²) >= 11 is 10.6. The van der Waals surface area contributed by atoms with Crippen LogP contribution in [0.3, 0.4) is 0 Å². The molecule has 0 N–H and O–H groups in total. The minimum atomic E-state index is -4.03. The zero-order valence-corrected chi connectivity index (χ0v) is 10.7. The third-order valence-electron chi connectivity index (χ3n) is 1.90. The summed E-state index contributed by atoms with van der Waals surface area (Å²) in [6.45, 7) is 0. The van der Waals surface area contributed by atoms with E-state index in [-0.39, 0.29) is 0 Å². The Hall–Kier alpha value is -1.45. The number of benzene rings is 1. The second-order valence-electron chi connectivity index (χ2n) is 3.01. The maximum atomic E-state index is 11.4. The molecule has 0 unspecified atom stereocenters. The van der Waals surface area contributed by atoms with Gasteiger partial charge in [-0.05, 0) is 0 Å². The van der Waals surface area contributed by atoms with Crippen LogP contribution in [0, 0.1) is 20.2 Å². The molecule has 98 valence electrons. The highest BCUT2D eigenvalue weighted by atomic mass is 35.5. The lowest BCUT2D eigenvalue weighted by molar-refractivity contribution is -0.394. The molecule has 0 radical (unpaired) electrons. The summed E-state index contributed by atoms with van der Waals surface area (Å²) in [6.07, 6.45) is 0. The fourth-order valence-corrected chi connectivity index (χ4v) is 2.41. The molecule has 8 nitrogen and oxygen atoms in total. The Balaban J connectivity index is 3.69. The molecule has 0 aliphatic rings. The number of hydrogen-bond donors (Lipinski definition) is 0. The van der Waals surface area contributed by atoms with Gasteiger partial charge in [-0.3, -0.25) is 20.2 Å². The van der Waals surface area contributed by atoms with E-state index in [1.54, 1.807) is 0 Å². The molecule has 0 spiro atoms. The molecule has 0 atom stereocenters. The van der Waals surface area contributed by atoms with Crippen LogP contribution in [0.5, 0.6) is 0 Å². The number of nitrogens with zero attached hydrogens (tertiary/aromatic N) is 2. The Kier molecular flexibility index (Phi) is 4.09. The van der Waals surface area contributed by atoms with E-state index in [1.807, 2.05) is 0 Å². The van der Waals surface area contributed by atoms with Crippen LogP contribution in [0.1, 0.15) is 0 Å². The highest BCUT2D eigenvalue weighted by Crippen LogP contribution is 2.36. The number of alkyl halides is 1. The van der Waals surface area contributed by atoms with Gasteiger partial charge in [-0.15, -0.1) is 11.6 Å². The largest absolute Gasteiger partial charge is 0.296 e. The van der Waals surface area contributed by atoms with Crippen LogP contribution in [0.25, 0.3) is 0 Å². The van der Waals surface area contributed by atoms with Gasteiger partial charge in [0.2, 0.25) is 0 Å². The van der Waals surface area contributed by atoms with Crippen molar-refractivity contribution in [3.63, 3.8) is 0 Å². The van der Waals surface area contributed by atoms with Crippen molar-refractivity contribution in [3.05, 3.63) is 37.4 Å². The molecular formula is C7H4Cl2N2O6S. The van der Waals surface area contributed by atoms with E-state index >= 15 is 0 Å². The Morgan fingerprint density at radius 2 is 1.50 bits per heavy atom. The van der Waals surface area contributed by atoms with Crippen molar-refractivity contribution in [2.45, 2.75) is 4.90 Å². The predicted octanol–water partition coefficient (Wildman–Crippen LogP) is 2.13. The minimum absolute atomic E-state index is 0.625. The third kappa shape index (κ3) is 2.68. The third-order valence-corrected chi connectivity index (χ3v) is 4.39. The van der Waals surface area contributed by atoms with Gasteiger partial charge < -0.3 is 0 Å². The lowest BCUT2D eigenvalue weighted by Gasteiger charge is -2.02. The Labute approximate surface area is 110 Å². The summed E-state index contributed by atoms with van der Waals surface area (Å²) < 4.78 is 22.9. The van der Waals surface area contributed by atoms with Crippen LogP contribution in [0.15, 0.2) is 17.0 Å². The first-order valence-electron chi connectivity index (χ1n) is 4.11. The van der Waals surface area contributed by atoms with Crippen LogP contribution >= 0.6 is 23.2 Å². The Morgan fingerprint density at radius 3 is 1.78 bits per heavy atom. The molecule has 0 saturated carbocycles. The number of nitro groups is 2. The number of halogens is 2. The molecule has 0 aromatic heterocycles. The summed E-state index contributed by atoms with van der Waals surface area (Å²) in [6, 6.07) is 1.26. The molecule has 11 heteroatoms. The van der Waals surface area contributed by atoms with Gasteiger partial charge in [0, 0.05) is 12.1 Å². The number of rotatable bonds is 4. The van der Waals surface area contributed by atoms with Crippen molar-refractivity contribution >= 4 is 44.4 Å². The van der Waals surface area contributed by atoms with Crippen LogP contribution < -0.4 is 0 Å². The average Bonchev–Trinajstić information content (AvgIpc) is 2.28. The standard InChI is InChI=1S/C7H4Cl2N2O6S/c8-3-18(16,17)4-1-5(10(12)13)7(9)6(2-4)11(14)15/h1-2H,3H2. The molecule has 18 heavy (non-hydrogen) atoms. The van der Waals surface area contributed by atoms with Crippen LogP contribution in [0.2, 0.25) is 5.02 Å². The van der Waals surface area contributed by atoms with Gasteiger partial charge in [-0.1, -0.05) is 11.6 Å². The summed E-state index contributed by atoms with van der Waals surface area (Å²) in [7, 11) is -4.03. The van der Waals surface area contributed by atoms with Crippen LogP contribution in [-0.4, -0.2) is 23.5 Å². The second-order valence-corrected chi connectivity index (χ2v) is 5.97. The smallest absolute Gasteiger partial charge is 0.258 e. The molecule has 0 aliphatic carbocycles. The monoisotopic (exact) mass is 314 g/mol. The summed E-state index contributed by atoms with van der Waals surface area (Å²) in [5, 5.41) is 19.7. The van der Waals surface area contributed by atoms with Crippen molar-refractivity contribution in [1.82, 2.24) is 0 Å². The van der Waals surface area contributed by atoms with Crippen molar-refractivity contribution in [2.75, 3.05) is 5.21 Å². The zero-order chi connectivity index (χ0) is 14.1. The molecule has 0 fully saturated rings. The lowest BCUT2D eigenvalue weighted by atomic mass is 10.3. The molecule has 0 aliphatic heterocycles. The van der Waals surface area contributed by atoms with E-state index in [2.05, 4.69) is 0 Å². The molecule has 0 heterocycles. The highest BCUT2D eigenvalue weighted by Gasteiger charge is 2.29. The van der Waals surface area contributed by atoms with E-state index in [9.17, 15) is 28.6 Å². The highest BCUT2D eigenvalue weighted by molar-refractivity contribution is 7.92. The molecular weight excluding hydrogens is 311 g/mol. The molecule has 0 amide bonds. The van der Waals surface area contributed by atoms with Crippen LogP contribution in [0.4, 0.5) is 11.4 Å². The van der Waals surface area contributed by atoms with Gasteiger partial charge in [-0.25, -0.2) is 8.42 Å². The molecule has 1 aromatic carbocycles. The zero-order valence-electron chi connectivity index (χ0n) is 8.37. The van der Waals surface area contributed by atoms with Gasteiger partial charge in [0.05, 0.1) is 14.7 Å². The number of hydrogen-bond acceptors (Lipinski definition) is 6. The van der Waals surface area contributed by atoms with E-state index in [0.29, 0.717) is 12.1 Å². The lowest BCUT2D eigenvalue weighted by Crippen LogP contribution is -2.05. The van der Waals surface area contributed by atoms with E-state index in [1.165, 1.54) is 0 Å². The number of sulfone groups is 1. The normalized spacial score (nSPS) is 11.2. The summed E-state index contributed by atoms with van der Waals surface area (Å²) in [5.74, 6) is 0. The van der Waals surface area contributed by atoms with Gasteiger partial charge in [0.15, 0.2) is 14.9 Å². The summed E-state index contributed by atoms with van der Waals surface area (Å²) in [4.78, 5) is 18.6. The predicted molar refractivity (Wildman–Crippen MR) is 62.7 cm³/mol. The molecule has 0 bridgehead atoms. The first-order valence-corrected chi connectivity index (χ1v) is 6.68. The van der Waals surface area contributed by atoms with E-state index in [4.69, 9.17) is 23.2 Å². The van der Waals surface area contributed by atoms with E-state index < -0.39 is 46.2 Å². The topological polar surface area (TPSA) is 120 Å². The van der Waals surface area contributed by atoms with Gasteiger partial charge >= 0.3 is 0 Å². The Bertz CT molecular complexity index is 594. The van der Waals surface area contributed by atoms with Gasteiger partial charge in [-0.2, -0.15) is 0 Å². The maximum Gasteiger partial charge on any atom is 0.296 e. The number of nitro benzene ring substituents is 2. The van der Waals surface area contributed by atoms with Crippen molar-refractivity contribution in [3.8, 4) is 0 Å². The maximum absolute atomic E-state index is 11.4. The summed E-state index contributed by atoms with van der Waals surface area (Å²) in [5.41, 5.74) is -1.73.